The van der Waals surface area contributed by atoms with Crippen LogP contribution in [0.4, 0.5) is 0 Å². The molecule has 0 spiro atoms. The molecule has 0 saturated heterocycles. The lowest BCUT2D eigenvalue weighted by Gasteiger charge is -2.23. The van der Waals surface area contributed by atoms with Crippen molar-refractivity contribution in [1.29, 1.82) is 0 Å². The Kier molecular flexibility index (Phi) is 3.73. The molecule has 0 aliphatic heterocycles. The topological polar surface area (TPSA) is 86.2 Å². The van der Waals surface area contributed by atoms with Crippen LogP contribution in [0.2, 0.25) is 0 Å². The van der Waals surface area contributed by atoms with E-state index in [2.05, 4.69) is 10.1 Å². The lowest BCUT2D eigenvalue weighted by Crippen LogP contribution is -2.35. The van der Waals surface area contributed by atoms with Gasteiger partial charge in [-0.3, -0.25) is 18.8 Å². The van der Waals surface area contributed by atoms with E-state index in [1.165, 1.54) is 21.8 Å². The molecule has 3 rings (SSSR count). The molecular formula is C15H17N5O3. The summed E-state index contributed by atoms with van der Waals surface area (Å²) in [6, 6.07) is 3.36. The van der Waals surface area contributed by atoms with Crippen molar-refractivity contribution in [2.24, 2.45) is 7.05 Å². The molecule has 0 radical (unpaired) electrons. The van der Waals surface area contributed by atoms with Crippen molar-refractivity contribution in [2.75, 3.05) is 7.05 Å². The monoisotopic (exact) mass is 315 g/mol. The van der Waals surface area contributed by atoms with Crippen LogP contribution < -0.4 is 5.56 Å². The van der Waals surface area contributed by atoms with E-state index in [1.54, 1.807) is 31.3 Å². The smallest absolute Gasteiger partial charge is 0.264 e. The number of carbonyl (C=O) groups excluding carboxylic acids is 1. The van der Waals surface area contributed by atoms with Gasteiger partial charge in [0.25, 0.3) is 5.56 Å². The van der Waals surface area contributed by atoms with Gasteiger partial charge in [0.2, 0.25) is 5.91 Å². The predicted octanol–water partition coefficient (Wildman–Crippen LogP) is 0.943. The number of rotatable bonds is 4. The Morgan fingerprint density at radius 2 is 2.26 bits per heavy atom. The minimum atomic E-state index is -0.282. The van der Waals surface area contributed by atoms with Gasteiger partial charge in [-0.05, 0) is 19.1 Å². The molecule has 1 unspecified atom stereocenters. The Balaban J connectivity index is 1.83. The molecule has 0 aliphatic carbocycles. The zero-order valence-corrected chi connectivity index (χ0v) is 13.1. The first-order valence-corrected chi connectivity index (χ1v) is 7.15. The van der Waals surface area contributed by atoms with Crippen LogP contribution in [0.15, 0.2) is 40.1 Å². The van der Waals surface area contributed by atoms with E-state index in [1.807, 2.05) is 13.0 Å². The second-order valence-corrected chi connectivity index (χ2v) is 5.38. The number of furan rings is 1. The van der Waals surface area contributed by atoms with Crippen molar-refractivity contribution in [3.8, 4) is 0 Å². The number of amides is 1. The number of aryl methyl sites for hydroxylation is 1. The summed E-state index contributed by atoms with van der Waals surface area (Å²) in [6.07, 6.45) is 4.39. The minimum absolute atomic E-state index is 0.0851. The highest BCUT2D eigenvalue weighted by Crippen LogP contribution is 2.19. The van der Waals surface area contributed by atoms with Gasteiger partial charge >= 0.3 is 0 Å². The molecule has 23 heavy (non-hydrogen) atoms. The maximum atomic E-state index is 12.4. The van der Waals surface area contributed by atoms with E-state index in [0.717, 1.165) is 0 Å². The second-order valence-electron chi connectivity index (χ2n) is 5.38. The molecule has 120 valence electrons. The highest BCUT2D eigenvalue weighted by molar-refractivity contribution is 5.77. The van der Waals surface area contributed by atoms with Gasteiger partial charge in [0, 0.05) is 14.1 Å². The molecule has 3 aromatic heterocycles. The van der Waals surface area contributed by atoms with Crippen molar-refractivity contribution in [1.82, 2.24) is 24.2 Å². The van der Waals surface area contributed by atoms with Gasteiger partial charge in [-0.15, -0.1) is 0 Å². The molecule has 0 aromatic carbocycles. The summed E-state index contributed by atoms with van der Waals surface area (Å²) in [6.45, 7) is 1.78. The Hall–Kier alpha value is -2.90. The standard InChI is InChI=1S/C15H17N5O3/c1-10(12-5-4-6-23-12)18(2)13(21)8-20-9-16-14-11(15(20)22)7-17-19(14)3/h4-7,9-10H,8H2,1-3H3. The van der Waals surface area contributed by atoms with Crippen molar-refractivity contribution in [3.63, 3.8) is 0 Å². The van der Waals surface area contributed by atoms with Gasteiger partial charge in [0.05, 0.1) is 18.5 Å². The highest BCUT2D eigenvalue weighted by Gasteiger charge is 2.20. The van der Waals surface area contributed by atoms with E-state index in [-0.39, 0.29) is 24.1 Å². The summed E-state index contributed by atoms with van der Waals surface area (Å²) in [7, 11) is 3.39. The highest BCUT2D eigenvalue weighted by atomic mass is 16.3. The Morgan fingerprint density at radius 1 is 1.48 bits per heavy atom. The summed E-state index contributed by atoms with van der Waals surface area (Å²) >= 11 is 0. The third-order valence-corrected chi connectivity index (χ3v) is 3.95. The third kappa shape index (κ3) is 2.63. The maximum absolute atomic E-state index is 12.4. The molecule has 0 bridgehead atoms. The fraction of sp³-hybridized carbons (Fsp3) is 0.333. The van der Waals surface area contributed by atoms with Crippen molar-refractivity contribution in [3.05, 3.63) is 47.0 Å². The second kappa shape index (κ2) is 5.71. The molecule has 0 fully saturated rings. The summed E-state index contributed by atoms with van der Waals surface area (Å²) in [5.41, 5.74) is 0.214. The van der Waals surface area contributed by atoms with Crippen LogP contribution in [-0.4, -0.2) is 37.2 Å². The minimum Gasteiger partial charge on any atom is -0.467 e. The number of likely N-dealkylation sites (N-methyl/N-ethyl adjacent to an activating group) is 1. The van der Waals surface area contributed by atoms with E-state index < -0.39 is 0 Å². The first kappa shape index (κ1) is 15.0. The molecular weight excluding hydrogens is 298 g/mol. The van der Waals surface area contributed by atoms with Crippen molar-refractivity contribution in [2.45, 2.75) is 19.5 Å². The van der Waals surface area contributed by atoms with E-state index in [4.69, 9.17) is 4.42 Å². The normalized spacial score (nSPS) is 12.5. The number of fused-ring (bicyclic) bond motifs is 1. The average Bonchev–Trinajstić information content (AvgIpc) is 3.19. The van der Waals surface area contributed by atoms with E-state index in [9.17, 15) is 9.59 Å². The summed E-state index contributed by atoms with van der Waals surface area (Å²) in [5.74, 6) is 0.482. The van der Waals surface area contributed by atoms with Crippen LogP contribution in [0.1, 0.15) is 18.7 Å². The molecule has 1 amide bonds. The van der Waals surface area contributed by atoms with Gasteiger partial charge in [0.15, 0.2) is 5.65 Å². The van der Waals surface area contributed by atoms with Crippen LogP contribution in [0, 0.1) is 0 Å². The number of nitrogens with zero attached hydrogens (tertiary/aromatic N) is 5. The molecule has 8 nitrogen and oxygen atoms in total. The van der Waals surface area contributed by atoms with E-state index in [0.29, 0.717) is 16.8 Å². The lowest BCUT2D eigenvalue weighted by atomic mass is 10.2. The van der Waals surface area contributed by atoms with Gasteiger partial charge in [-0.2, -0.15) is 5.10 Å². The average molecular weight is 315 g/mol. The van der Waals surface area contributed by atoms with Gasteiger partial charge in [-0.25, -0.2) is 4.98 Å². The van der Waals surface area contributed by atoms with Gasteiger partial charge < -0.3 is 9.32 Å². The van der Waals surface area contributed by atoms with E-state index >= 15 is 0 Å². The Morgan fingerprint density at radius 3 is 2.96 bits per heavy atom. The van der Waals surface area contributed by atoms with Gasteiger partial charge in [-0.1, -0.05) is 0 Å². The van der Waals surface area contributed by atoms with Crippen LogP contribution >= 0.6 is 0 Å². The summed E-state index contributed by atoms with van der Waals surface area (Å²) in [4.78, 5) is 30.5. The van der Waals surface area contributed by atoms with Crippen molar-refractivity contribution < 1.29 is 9.21 Å². The zero-order chi connectivity index (χ0) is 16.6. The van der Waals surface area contributed by atoms with Crippen molar-refractivity contribution >= 4 is 16.9 Å². The first-order chi connectivity index (χ1) is 11.0. The SMILES string of the molecule is CC(c1ccco1)N(C)C(=O)Cn1cnc2c(cnn2C)c1=O. The Bertz CT molecular complexity index is 894. The quantitative estimate of drug-likeness (QED) is 0.715. The van der Waals surface area contributed by atoms with Crippen LogP contribution in [0.25, 0.3) is 11.0 Å². The predicted molar refractivity (Wildman–Crippen MR) is 82.7 cm³/mol. The zero-order valence-electron chi connectivity index (χ0n) is 13.1. The molecule has 1 atom stereocenters. The maximum Gasteiger partial charge on any atom is 0.264 e. The summed E-state index contributed by atoms with van der Waals surface area (Å²) in [5, 5.41) is 4.40. The number of aromatic nitrogens is 4. The lowest BCUT2D eigenvalue weighted by molar-refractivity contribution is -0.132. The summed E-state index contributed by atoms with van der Waals surface area (Å²) < 4.78 is 8.13. The third-order valence-electron chi connectivity index (χ3n) is 3.95. The molecule has 8 heteroatoms. The molecule has 3 aromatic rings. The first-order valence-electron chi connectivity index (χ1n) is 7.15. The van der Waals surface area contributed by atoms with Crippen LogP contribution in [0.3, 0.4) is 0 Å². The molecule has 0 saturated carbocycles. The molecule has 3 heterocycles. The Labute approximate surface area is 131 Å². The largest absolute Gasteiger partial charge is 0.467 e. The van der Waals surface area contributed by atoms with Gasteiger partial charge in [0.1, 0.15) is 24.0 Å². The molecule has 0 aliphatic rings. The number of carbonyl (C=O) groups is 1. The van der Waals surface area contributed by atoms with Crippen LogP contribution in [0.5, 0.6) is 0 Å². The fourth-order valence-corrected chi connectivity index (χ4v) is 2.37. The number of hydrogen-bond acceptors (Lipinski definition) is 5. The number of hydrogen-bond donors (Lipinski definition) is 0. The van der Waals surface area contributed by atoms with Crippen LogP contribution in [-0.2, 0) is 18.4 Å². The fourth-order valence-electron chi connectivity index (χ4n) is 2.37. The molecule has 0 N–H and O–H groups in total.